The number of aryl methyl sites for hydroxylation is 1. The van der Waals surface area contributed by atoms with E-state index in [-0.39, 0.29) is 17.8 Å². The van der Waals surface area contributed by atoms with Crippen molar-refractivity contribution in [2.45, 2.75) is 25.5 Å². The minimum atomic E-state index is -0.321. The largest absolute Gasteiger partial charge is 0.450 e. The van der Waals surface area contributed by atoms with Gasteiger partial charge in [0.2, 0.25) is 11.1 Å². The fourth-order valence-corrected chi connectivity index (χ4v) is 4.33. The Morgan fingerprint density at radius 3 is 2.53 bits per heavy atom. The molecule has 0 atom stereocenters. The van der Waals surface area contributed by atoms with Gasteiger partial charge in [0.25, 0.3) is 0 Å². The molecule has 1 aliphatic heterocycles. The van der Waals surface area contributed by atoms with Crippen LogP contribution in [0.1, 0.15) is 13.8 Å². The van der Waals surface area contributed by atoms with Gasteiger partial charge in [-0.25, -0.2) is 9.78 Å². The lowest BCUT2D eigenvalue weighted by Gasteiger charge is -2.33. The lowest BCUT2D eigenvalue weighted by molar-refractivity contribution is -0.129. The number of amides is 2. The average molecular weight is 429 g/mol. The van der Waals surface area contributed by atoms with E-state index in [1.807, 2.05) is 18.2 Å². The van der Waals surface area contributed by atoms with Gasteiger partial charge in [0.15, 0.2) is 5.65 Å². The van der Waals surface area contributed by atoms with Gasteiger partial charge in [-0.2, -0.15) is 0 Å². The van der Waals surface area contributed by atoms with Crippen molar-refractivity contribution < 1.29 is 14.3 Å². The molecule has 0 radical (unpaired) electrons. The van der Waals surface area contributed by atoms with E-state index in [9.17, 15) is 9.59 Å². The van der Waals surface area contributed by atoms with Gasteiger partial charge in [-0.15, -0.1) is 10.2 Å². The summed E-state index contributed by atoms with van der Waals surface area (Å²) in [5.41, 5.74) is 2.64. The molecule has 158 valence electrons. The van der Waals surface area contributed by atoms with Crippen LogP contribution < -0.4 is 0 Å². The first kappa shape index (κ1) is 20.4. The van der Waals surface area contributed by atoms with Gasteiger partial charge < -0.3 is 19.1 Å². The maximum Gasteiger partial charge on any atom is 0.409 e. The molecule has 1 fully saturated rings. The number of hydrogen-bond donors (Lipinski definition) is 0. The van der Waals surface area contributed by atoms with E-state index in [1.54, 1.807) is 16.7 Å². The van der Waals surface area contributed by atoms with E-state index >= 15 is 0 Å². The maximum atomic E-state index is 12.6. The third kappa shape index (κ3) is 3.91. The molecule has 10 heteroatoms. The zero-order chi connectivity index (χ0) is 21.1. The summed E-state index contributed by atoms with van der Waals surface area (Å²) in [4.78, 5) is 32.4. The first-order chi connectivity index (χ1) is 14.6. The summed E-state index contributed by atoms with van der Waals surface area (Å²) in [7, 11) is 0. The number of aromatic nitrogens is 4. The molecule has 1 saturated heterocycles. The quantitative estimate of drug-likeness (QED) is 0.576. The number of para-hydroxylation sites is 1. The average Bonchev–Trinajstić information content (AvgIpc) is 3.10. The molecule has 0 saturated carbocycles. The first-order valence-corrected chi connectivity index (χ1v) is 11.0. The summed E-state index contributed by atoms with van der Waals surface area (Å²) in [6, 6.07) is 8.05. The Kier molecular flexibility index (Phi) is 6.03. The summed E-state index contributed by atoms with van der Waals surface area (Å²) < 4.78 is 7.12. The molecule has 2 amide bonds. The number of piperazine rings is 1. The number of carbonyl (C=O) groups excluding carboxylic acids is 2. The Balaban J connectivity index is 1.41. The number of ether oxygens (including phenoxy) is 1. The monoisotopic (exact) mass is 428 g/mol. The molecule has 0 N–H and O–H groups in total. The van der Waals surface area contributed by atoms with Crippen LogP contribution in [0.5, 0.6) is 0 Å². The maximum absolute atomic E-state index is 12.6. The molecule has 9 nitrogen and oxygen atoms in total. The molecule has 0 bridgehead atoms. The molecule has 3 aromatic rings. The number of nitrogens with zero attached hydrogens (tertiary/aromatic N) is 6. The Bertz CT molecular complexity index is 1080. The van der Waals surface area contributed by atoms with Gasteiger partial charge in [-0.3, -0.25) is 4.79 Å². The topological polar surface area (TPSA) is 93.5 Å². The summed E-state index contributed by atoms with van der Waals surface area (Å²) in [5, 5.41) is 10.1. The molecule has 0 unspecified atom stereocenters. The second-order valence-corrected chi connectivity index (χ2v) is 7.83. The molecule has 1 aromatic carbocycles. The van der Waals surface area contributed by atoms with Crippen LogP contribution in [0.15, 0.2) is 29.4 Å². The van der Waals surface area contributed by atoms with E-state index in [2.05, 4.69) is 32.7 Å². The van der Waals surface area contributed by atoms with Crippen molar-refractivity contribution >= 4 is 45.8 Å². The molecular formula is C20H24N6O3S. The SMILES string of the molecule is CCOC(=O)N1CCN(C(=O)CSc2nnc3c4ccccc4n(CC)c3n2)CC1. The van der Waals surface area contributed by atoms with Crippen molar-refractivity contribution in [1.82, 2.24) is 29.5 Å². The first-order valence-electron chi connectivity index (χ1n) is 10.1. The van der Waals surface area contributed by atoms with Gasteiger partial charge in [-0.1, -0.05) is 30.0 Å². The minimum absolute atomic E-state index is 0.00300. The predicted molar refractivity (Wildman–Crippen MR) is 114 cm³/mol. The zero-order valence-corrected chi connectivity index (χ0v) is 17.9. The lowest BCUT2D eigenvalue weighted by atomic mass is 10.2. The highest BCUT2D eigenvalue weighted by Gasteiger charge is 2.25. The summed E-state index contributed by atoms with van der Waals surface area (Å²) in [5.74, 6) is 0.238. The van der Waals surface area contributed by atoms with Crippen LogP contribution in [-0.4, -0.2) is 80.1 Å². The molecule has 0 spiro atoms. The smallest absolute Gasteiger partial charge is 0.409 e. The van der Waals surface area contributed by atoms with E-state index in [0.717, 1.165) is 28.6 Å². The van der Waals surface area contributed by atoms with Crippen LogP contribution in [0.25, 0.3) is 22.1 Å². The van der Waals surface area contributed by atoms with Gasteiger partial charge in [-0.05, 0) is 19.9 Å². The van der Waals surface area contributed by atoms with Crippen LogP contribution >= 0.6 is 11.8 Å². The Morgan fingerprint density at radius 1 is 1.07 bits per heavy atom. The van der Waals surface area contributed by atoms with Crippen molar-refractivity contribution in [2.75, 3.05) is 38.5 Å². The van der Waals surface area contributed by atoms with Crippen LogP contribution in [0.3, 0.4) is 0 Å². The third-order valence-corrected chi connectivity index (χ3v) is 5.98. The third-order valence-electron chi connectivity index (χ3n) is 5.15. The summed E-state index contributed by atoms with van der Waals surface area (Å²) in [6.07, 6.45) is -0.321. The van der Waals surface area contributed by atoms with E-state index in [0.29, 0.717) is 37.9 Å². The Hall–Kier alpha value is -2.88. The van der Waals surface area contributed by atoms with Crippen molar-refractivity contribution in [1.29, 1.82) is 0 Å². The van der Waals surface area contributed by atoms with Crippen molar-refractivity contribution in [2.24, 2.45) is 0 Å². The van der Waals surface area contributed by atoms with Crippen LogP contribution in [-0.2, 0) is 16.1 Å². The highest BCUT2D eigenvalue weighted by molar-refractivity contribution is 7.99. The van der Waals surface area contributed by atoms with Crippen molar-refractivity contribution in [3.8, 4) is 0 Å². The number of thioether (sulfide) groups is 1. The molecule has 2 aromatic heterocycles. The zero-order valence-electron chi connectivity index (χ0n) is 17.1. The predicted octanol–water partition coefficient (Wildman–Crippen LogP) is 2.39. The number of carbonyl (C=O) groups is 2. The standard InChI is InChI=1S/C20H24N6O3S/c1-3-26-15-8-6-5-7-14(15)17-18(26)21-19(23-22-17)30-13-16(27)24-9-11-25(12-10-24)20(28)29-4-2/h5-8H,3-4,9-13H2,1-2H3. The molecular weight excluding hydrogens is 404 g/mol. The normalized spacial score (nSPS) is 14.5. The summed E-state index contributed by atoms with van der Waals surface area (Å²) >= 11 is 1.29. The second-order valence-electron chi connectivity index (χ2n) is 6.88. The number of hydrogen-bond acceptors (Lipinski definition) is 7. The fourth-order valence-electron chi connectivity index (χ4n) is 3.64. The highest BCUT2D eigenvalue weighted by atomic mass is 32.2. The number of benzene rings is 1. The number of rotatable bonds is 5. The molecule has 30 heavy (non-hydrogen) atoms. The summed E-state index contributed by atoms with van der Waals surface area (Å²) in [6.45, 7) is 6.94. The van der Waals surface area contributed by atoms with E-state index in [4.69, 9.17) is 4.74 Å². The van der Waals surface area contributed by atoms with Crippen molar-refractivity contribution in [3.05, 3.63) is 24.3 Å². The Labute approximate surface area is 178 Å². The molecule has 4 rings (SSSR count). The van der Waals surface area contributed by atoms with Crippen LogP contribution in [0, 0.1) is 0 Å². The van der Waals surface area contributed by atoms with Crippen molar-refractivity contribution in [3.63, 3.8) is 0 Å². The van der Waals surface area contributed by atoms with E-state index in [1.165, 1.54) is 11.8 Å². The fraction of sp³-hybridized carbons (Fsp3) is 0.450. The molecule has 0 aliphatic carbocycles. The van der Waals surface area contributed by atoms with Gasteiger partial charge in [0, 0.05) is 38.1 Å². The van der Waals surface area contributed by atoms with Gasteiger partial charge in [0.1, 0.15) is 5.52 Å². The second kappa shape index (κ2) is 8.86. The number of fused-ring (bicyclic) bond motifs is 3. The highest BCUT2D eigenvalue weighted by Crippen LogP contribution is 2.27. The van der Waals surface area contributed by atoms with Gasteiger partial charge in [0.05, 0.1) is 17.9 Å². The van der Waals surface area contributed by atoms with Crippen LogP contribution in [0.4, 0.5) is 4.79 Å². The van der Waals surface area contributed by atoms with Gasteiger partial charge >= 0.3 is 6.09 Å². The minimum Gasteiger partial charge on any atom is -0.450 e. The molecule has 3 heterocycles. The van der Waals surface area contributed by atoms with E-state index < -0.39 is 0 Å². The lowest BCUT2D eigenvalue weighted by Crippen LogP contribution is -2.51. The molecule has 1 aliphatic rings. The Morgan fingerprint density at radius 2 is 1.80 bits per heavy atom. The van der Waals surface area contributed by atoms with Crippen LogP contribution in [0.2, 0.25) is 0 Å².